The Hall–Kier alpha value is -4.33. The van der Waals surface area contributed by atoms with Gasteiger partial charge in [0.2, 0.25) is 5.91 Å². The van der Waals surface area contributed by atoms with Gasteiger partial charge in [0.1, 0.15) is 17.4 Å². The van der Waals surface area contributed by atoms with Gasteiger partial charge in [-0.15, -0.1) is 5.10 Å². The summed E-state index contributed by atoms with van der Waals surface area (Å²) in [6.07, 6.45) is 0.0799. The van der Waals surface area contributed by atoms with E-state index in [1.165, 1.54) is 4.68 Å². The Morgan fingerprint density at radius 1 is 0.938 bits per heavy atom. The second-order valence-electron chi connectivity index (χ2n) is 7.44. The largest absolute Gasteiger partial charge is 0.342 e. The predicted molar refractivity (Wildman–Crippen MR) is 121 cm³/mol. The normalized spacial score (nSPS) is 12.1. The van der Waals surface area contributed by atoms with Gasteiger partial charge in [0.15, 0.2) is 0 Å². The first-order chi connectivity index (χ1) is 15.7. The Morgan fingerprint density at radius 2 is 1.66 bits per heavy atom. The molecule has 8 heteroatoms. The lowest BCUT2D eigenvalue weighted by Gasteiger charge is -2.17. The molecule has 0 spiro atoms. The molecule has 32 heavy (non-hydrogen) atoms. The van der Waals surface area contributed by atoms with Gasteiger partial charge in [0.05, 0.1) is 23.0 Å². The number of benzene rings is 3. The van der Waals surface area contributed by atoms with Crippen molar-refractivity contribution >= 4 is 27.8 Å². The molecule has 0 radical (unpaired) electrons. The van der Waals surface area contributed by atoms with E-state index in [1.54, 1.807) is 24.3 Å². The van der Waals surface area contributed by atoms with Crippen LogP contribution in [0.3, 0.4) is 0 Å². The first-order valence-electron chi connectivity index (χ1n) is 10.3. The van der Waals surface area contributed by atoms with E-state index in [9.17, 15) is 9.59 Å². The molecule has 5 rings (SSSR count). The van der Waals surface area contributed by atoms with Gasteiger partial charge in [-0.2, -0.15) is 0 Å². The fourth-order valence-electron chi connectivity index (χ4n) is 3.67. The summed E-state index contributed by atoms with van der Waals surface area (Å²) in [5.74, 6) is 0.426. The molecular formula is C24H20N6O2. The first-order valence-corrected chi connectivity index (χ1v) is 10.3. The highest BCUT2D eigenvalue weighted by atomic mass is 16.2. The van der Waals surface area contributed by atoms with Crippen LogP contribution in [0.4, 0.5) is 0 Å². The SMILES string of the molecule is O=C(CCn1nnc2ccccc2c1=O)N[C@@H](c1ccccc1)c1nc2ccccc2[nH]1. The van der Waals surface area contributed by atoms with Crippen molar-refractivity contribution in [2.45, 2.75) is 19.0 Å². The fraction of sp³-hybridized carbons (Fsp3) is 0.125. The van der Waals surface area contributed by atoms with Crippen LogP contribution in [0.2, 0.25) is 0 Å². The summed E-state index contributed by atoms with van der Waals surface area (Å²) < 4.78 is 1.22. The molecule has 0 saturated heterocycles. The molecule has 5 aromatic rings. The molecule has 158 valence electrons. The summed E-state index contributed by atoms with van der Waals surface area (Å²) >= 11 is 0. The minimum absolute atomic E-state index is 0.0799. The third kappa shape index (κ3) is 3.85. The molecule has 0 fully saturated rings. The van der Waals surface area contributed by atoms with Crippen molar-refractivity contribution in [3.8, 4) is 0 Å². The second-order valence-corrected chi connectivity index (χ2v) is 7.44. The quantitative estimate of drug-likeness (QED) is 0.436. The number of aromatic nitrogens is 5. The van der Waals surface area contributed by atoms with Gasteiger partial charge >= 0.3 is 0 Å². The predicted octanol–water partition coefficient (Wildman–Crippen LogP) is 2.96. The molecule has 8 nitrogen and oxygen atoms in total. The zero-order valence-corrected chi connectivity index (χ0v) is 17.1. The highest BCUT2D eigenvalue weighted by Gasteiger charge is 2.20. The number of nitrogens with zero attached hydrogens (tertiary/aromatic N) is 4. The van der Waals surface area contributed by atoms with Crippen LogP contribution < -0.4 is 10.9 Å². The lowest BCUT2D eigenvalue weighted by Crippen LogP contribution is -2.32. The zero-order chi connectivity index (χ0) is 21.9. The number of amides is 1. The lowest BCUT2D eigenvalue weighted by atomic mass is 10.1. The Morgan fingerprint density at radius 3 is 2.47 bits per heavy atom. The van der Waals surface area contributed by atoms with Crippen LogP contribution in [0.15, 0.2) is 83.7 Å². The summed E-state index contributed by atoms with van der Waals surface area (Å²) in [6.45, 7) is 0.129. The standard InChI is InChI=1S/C24H20N6O2/c31-21(14-15-30-24(32)17-10-4-5-11-18(17)28-29-30)27-22(16-8-2-1-3-9-16)23-25-19-12-6-7-13-20(19)26-23/h1-13,22H,14-15H2,(H,25,26)(H,27,31)/t22-/m0/s1. The molecular weight excluding hydrogens is 404 g/mol. The molecule has 0 aliphatic heterocycles. The van der Waals surface area contributed by atoms with Crippen molar-refractivity contribution in [2.24, 2.45) is 0 Å². The highest BCUT2D eigenvalue weighted by molar-refractivity contribution is 5.78. The molecule has 1 atom stereocenters. The van der Waals surface area contributed by atoms with E-state index in [0.29, 0.717) is 16.7 Å². The van der Waals surface area contributed by atoms with Crippen molar-refractivity contribution in [1.29, 1.82) is 0 Å². The number of rotatable bonds is 6. The van der Waals surface area contributed by atoms with Crippen molar-refractivity contribution in [2.75, 3.05) is 0 Å². The molecule has 1 amide bonds. The van der Waals surface area contributed by atoms with Gasteiger partial charge in [-0.1, -0.05) is 59.8 Å². The number of H-pyrrole nitrogens is 1. The molecule has 0 aliphatic rings. The molecule has 0 aliphatic carbocycles. The summed E-state index contributed by atoms with van der Waals surface area (Å²) in [7, 11) is 0. The number of para-hydroxylation sites is 2. The van der Waals surface area contributed by atoms with Crippen LogP contribution in [-0.2, 0) is 11.3 Å². The van der Waals surface area contributed by atoms with E-state index in [1.807, 2.05) is 54.6 Å². The van der Waals surface area contributed by atoms with Crippen molar-refractivity contribution in [3.05, 3.63) is 101 Å². The van der Waals surface area contributed by atoms with Gasteiger partial charge < -0.3 is 10.3 Å². The number of carbonyl (C=O) groups is 1. The fourth-order valence-corrected chi connectivity index (χ4v) is 3.67. The zero-order valence-electron chi connectivity index (χ0n) is 17.1. The van der Waals surface area contributed by atoms with Gasteiger partial charge in [0, 0.05) is 6.42 Å². The number of imidazole rings is 1. The topological polar surface area (TPSA) is 106 Å². The van der Waals surface area contributed by atoms with Crippen molar-refractivity contribution < 1.29 is 4.79 Å². The molecule has 2 aromatic heterocycles. The van der Waals surface area contributed by atoms with E-state index in [-0.39, 0.29) is 24.4 Å². The minimum Gasteiger partial charge on any atom is -0.342 e. The molecule has 0 bridgehead atoms. The smallest absolute Gasteiger partial charge is 0.277 e. The van der Waals surface area contributed by atoms with Crippen LogP contribution in [0.25, 0.3) is 21.9 Å². The number of aromatic amines is 1. The van der Waals surface area contributed by atoms with Gasteiger partial charge in [-0.25, -0.2) is 9.67 Å². The minimum atomic E-state index is -0.449. The van der Waals surface area contributed by atoms with Crippen molar-refractivity contribution in [1.82, 2.24) is 30.3 Å². The average molecular weight is 424 g/mol. The van der Waals surface area contributed by atoms with Gasteiger partial charge in [-0.05, 0) is 29.8 Å². The highest BCUT2D eigenvalue weighted by Crippen LogP contribution is 2.22. The lowest BCUT2D eigenvalue weighted by molar-refractivity contribution is -0.121. The maximum atomic E-state index is 12.8. The summed E-state index contributed by atoms with van der Waals surface area (Å²) in [4.78, 5) is 33.4. The number of fused-ring (bicyclic) bond motifs is 2. The number of aryl methyl sites for hydroxylation is 1. The second kappa shape index (κ2) is 8.43. The number of nitrogens with one attached hydrogen (secondary N) is 2. The first kappa shape index (κ1) is 19.6. The number of hydrogen-bond donors (Lipinski definition) is 2. The third-order valence-corrected chi connectivity index (χ3v) is 5.30. The third-order valence-electron chi connectivity index (χ3n) is 5.30. The molecule has 0 saturated carbocycles. The average Bonchev–Trinajstić information content (AvgIpc) is 3.27. The summed E-state index contributed by atoms with van der Waals surface area (Å²) in [5, 5.41) is 11.5. The van der Waals surface area contributed by atoms with Crippen LogP contribution in [0, 0.1) is 0 Å². The van der Waals surface area contributed by atoms with Crippen LogP contribution in [0.1, 0.15) is 23.9 Å². The monoisotopic (exact) mass is 424 g/mol. The van der Waals surface area contributed by atoms with E-state index in [2.05, 4.69) is 25.6 Å². The maximum Gasteiger partial charge on any atom is 0.277 e. The van der Waals surface area contributed by atoms with E-state index >= 15 is 0 Å². The van der Waals surface area contributed by atoms with Gasteiger partial charge in [-0.3, -0.25) is 9.59 Å². The van der Waals surface area contributed by atoms with Gasteiger partial charge in [0.25, 0.3) is 5.56 Å². The van der Waals surface area contributed by atoms with Crippen LogP contribution in [0.5, 0.6) is 0 Å². The molecule has 0 unspecified atom stereocenters. The van der Waals surface area contributed by atoms with Crippen molar-refractivity contribution in [3.63, 3.8) is 0 Å². The van der Waals surface area contributed by atoms with E-state index in [4.69, 9.17) is 0 Å². The molecule has 2 N–H and O–H groups in total. The summed E-state index contributed by atoms with van der Waals surface area (Å²) in [5.41, 5.74) is 2.90. The molecule has 3 aromatic carbocycles. The Kier molecular flexibility index (Phi) is 5.17. The number of carbonyl (C=O) groups excluding carboxylic acids is 1. The maximum absolute atomic E-state index is 12.8. The Labute approximate surface area is 182 Å². The van der Waals surface area contributed by atoms with Crippen LogP contribution >= 0.6 is 0 Å². The molecule has 2 heterocycles. The van der Waals surface area contributed by atoms with E-state index in [0.717, 1.165) is 16.6 Å². The number of hydrogen-bond acceptors (Lipinski definition) is 5. The summed E-state index contributed by atoms with van der Waals surface area (Å²) in [6, 6.07) is 23.9. The Balaban J connectivity index is 1.37. The Bertz CT molecular complexity index is 1420. The van der Waals surface area contributed by atoms with Crippen LogP contribution in [-0.4, -0.2) is 30.9 Å². The van der Waals surface area contributed by atoms with E-state index < -0.39 is 6.04 Å².